The highest BCUT2D eigenvalue weighted by molar-refractivity contribution is 5.97. The molecule has 3 heteroatoms. The molecule has 2 aromatic rings. The fourth-order valence-electron chi connectivity index (χ4n) is 2.49. The smallest absolute Gasteiger partial charge is 0.267 e. The monoisotopic (exact) mass is 264 g/mol. The molecule has 3 rings (SSSR count). The third kappa shape index (κ3) is 2.35. The van der Waals surface area contributed by atoms with E-state index >= 15 is 0 Å². The van der Waals surface area contributed by atoms with Gasteiger partial charge in [-0.15, -0.1) is 0 Å². The molecule has 0 fully saturated rings. The lowest BCUT2D eigenvalue weighted by Gasteiger charge is -2.22. The number of carbonyl (C=O) groups is 1. The average molecular weight is 264 g/mol. The van der Waals surface area contributed by atoms with Crippen molar-refractivity contribution in [1.82, 2.24) is 5.01 Å². The highest BCUT2D eigenvalue weighted by Crippen LogP contribution is 2.31. The summed E-state index contributed by atoms with van der Waals surface area (Å²) >= 11 is 0. The molecule has 0 spiro atoms. The van der Waals surface area contributed by atoms with Gasteiger partial charge in [0.25, 0.3) is 5.91 Å². The molecule has 0 unspecified atom stereocenters. The highest BCUT2D eigenvalue weighted by Gasteiger charge is 2.31. The molecule has 0 aliphatic carbocycles. The van der Waals surface area contributed by atoms with Gasteiger partial charge >= 0.3 is 0 Å². The Kier molecular flexibility index (Phi) is 3.33. The molecule has 0 radical (unpaired) electrons. The number of carbonyl (C=O) groups excluding carboxylic acids is 1. The van der Waals surface area contributed by atoms with Crippen LogP contribution in [0.1, 0.15) is 35.3 Å². The second-order valence-corrected chi connectivity index (χ2v) is 4.98. The summed E-state index contributed by atoms with van der Waals surface area (Å²) in [5.74, 6) is -0.0451. The summed E-state index contributed by atoms with van der Waals surface area (Å²) in [6.07, 6.45) is 0.794. The Morgan fingerprint density at radius 1 is 1.05 bits per heavy atom. The summed E-state index contributed by atoms with van der Waals surface area (Å²) in [5.41, 5.74) is 2.78. The Labute approximate surface area is 118 Å². The van der Waals surface area contributed by atoms with Crippen molar-refractivity contribution in [3.63, 3.8) is 0 Å². The van der Waals surface area contributed by atoms with Gasteiger partial charge in [0.1, 0.15) is 0 Å². The van der Waals surface area contributed by atoms with Crippen LogP contribution in [0.2, 0.25) is 0 Å². The van der Waals surface area contributed by atoms with E-state index in [2.05, 4.69) is 5.10 Å². The zero-order valence-corrected chi connectivity index (χ0v) is 11.4. The van der Waals surface area contributed by atoms with Gasteiger partial charge in [-0.3, -0.25) is 4.79 Å². The molecule has 2 aromatic carbocycles. The minimum absolute atomic E-state index is 0.00362. The van der Waals surface area contributed by atoms with Crippen molar-refractivity contribution in [2.45, 2.75) is 19.4 Å². The maximum Gasteiger partial charge on any atom is 0.274 e. The van der Waals surface area contributed by atoms with Crippen molar-refractivity contribution in [2.24, 2.45) is 5.10 Å². The van der Waals surface area contributed by atoms with Crippen LogP contribution in [-0.4, -0.2) is 16.6 Å². The quantitative estimate of drug-likeness (QED) is 0.815. The summed E-state index contributed by atoms with van der Waals surface area (Å²) < 4.78 is 0. The fraction of sp³-hybridized carbons (Fsp3) is 0.176. The molecule has 1 atom stereocenters. The molecule has 0 saturated carbocycles. The van der Waals surface area contributed by atoms with Crippen LogP contribution in [0.4, 0.5) is 0 Å². The summed E-state index contributed by atoms with van der Waals surface area (Å²) in [7, 11) is 0. The Morgan fingerprint density at radius 2 is 1.65 bits per heavy atom. The van der Waals surface area contributed by atoms with Crippen molar-refractivity contribution in [2.75, 3.05) is 0 Å². The minimum Gasteiger partial charge on any atom is -0.267 e. The zero-order valence-electron chi connectivity index (χ0n) is 11.4. The van der Waals surface area contributed by atoms with Crippen LogP contribution in [-0.2, 0) is 0 Å². The maximum absolute atomic E-state index is 12.6. The molecule has 1 amide bonds. The van der Waals surface area contributed by atoms with Crippen LogP contribution < -0.4 is 0 Å². The summed E-state index contributed by atoms with van der Waals surface area (Å²) in [5, 5.41) is 6.03. The zero-order chi connectivity index (χ0) is 13.9. The van der Waals surface area contributed by atoms with E-state index in [-0.39, 0.29) is 11.9 Å². The van der Waals surface area contributed by atoms with Crippen LogP contribution in [0.25, 0.3) is 0 Å². The maximum atomic E-state index is 12.6. The molecule has 0 bridgehead atoms. The van der Waals surface area contributed by atoms with Gasteiger partial charge in [0.05, 0.1) is 6.04 Å². The van der Waals surface area contributed by atoms with Gasteiger partial charge in [-0.2, -0.15) is 5.10 Å². The highest BCUT2D eigenvalue weighted by atomic mass is 16.2. The van der Waals surface area contributed by atoms with Gasteiger partial charge < -0.3 is 0 Å². The van der Waals surface area contributed by atoms with Crippen LogP contribution >= 0.6 is 0 Å². The van der Waals surface area contributed by atoms with Crippen molar-refractivity contribution in [3.05, 3.63) is 71.8 Å². The Morgan fingerprint density at radius 3 is 2.30 bits per heavy atom. The van der Waals surface area contributed by atoms with Crippen LogP contribution in [0, 0.1) is 0 Å². The van der Waals surface area contributed by atoms with Crippen molar-refractivity contribution >= 4 is 11.6 Å². The molecule has 1 aliphatic rings. The first-order chi connectivity index (χ1) is 9.75. The molecule has 1 heterocycles. The van der Waals surface area contributed by atoms with Crippen LogP contribution in [0.3, 0.4) is 0 Å². The number of hydrogen-bond acceptors (Lipinski definition) is 2. The van der Waals surface area contributed by atoms with Gasteiger partial charge in [0, 0.05) is 17.7 Å². The van der Waals surface area contributed by atoms with Crippen molar-refractivity contribution < 1.29 is 4.79 Å². The first-order valence-electron chi connectivity index (χ1n) is 6.73. The number of amides is 1. The topological polar surface area (TPSA) is 32.7 Å². The summed E-state index contributed by atoms with van der Waals surface area (Å²) in [6, 6.07) is 19.4. The molecular formula is C17H16N2O. The summed E-state index contributed by atoms with van der Waals surface area (Å²) in [4.78, 5) is 12.6. The lowest BCUT2D eigenvalue weighted by molar-refractivity contribution is 0.0711. The molecular weight excluding hydrogens is 248 g/mol. The standard InChI is InChI=1S/C17H16N2O/c1-13-12-16(14-8-4-2-5-9-14)19(18-13)17(20)15-10-6-3-7-11-15/h2-11,16H,12H2,1H3/t16-/m0/s1. The number of nitrogens with zero attached hydrogens (tertiary/aromatic N) is 2. The van der Waals surface area contributed by atoms with E-state index in [0.717, 1.165) is 17.7 Å². The van der Waals surface area contributed by atoms with Crippen molar-refractivity contribution in [3.8, 4) is 0 Å². The Balaban J connectivity index is 1.92. The van der Waals surface area contributed by atoms with E-state index in [9.17, 15) is 4.79 Å². The average Bonchev–Trinajstić information content (AvgIpc) is 2.90. The molecule has 0 saturated heterocycles. The van der Waals surface area contributed by atoms with E-state index in [4.69, 9.17) is 0 Å². The number of hydrazone groups is 1. The second kappa shape index (κ2) is 5.29. The molecule has 1 aliphatic heterocycles. The minimum atomic E-state index is -0.0451. The van der Waals surface area contributed by atoms with Gasteiger partial charge in [0.2, 0.25) is 0 Å². The second-order valence-electron chi connectivity index (χ2n) is 4.98. The first kappa shape index (κ1) is 12.6. The van der Waals surface area contributed by atoms with E-state index < -0.39 is 0 Å². The fourth-order valence-corrected chi connectivity index (χ4v) is 2.49. The lowest BCUT2D eigenvalue weighted by Crippen LogP contribution is -2.27. The Hall–Kier alpha value is -2.42. The third-order valence-corrected chi connectivity index (χ3v) is 3.48. The number of benzene rings is 2. The normalized spacial score (nSPS) is 17.9. The third-order valence-electron chi connectivity index (χ3n) is 3.48. The van der Waals surface area contributed by atoms with Crippen LogP contribution in [0.5, 0.6) is 0 Å². The lowest BCUT2D eigenvalue weighted by atomic mass is 10.0. The SMILES string of the molecule is CC1=NN(C(=O)c2ccccc2)[C@H](c2ccccc2)C1. The molecule has 3 nitrogen and oxygen atoms in total. The van der Waals surface area contributed by atoms with Gasteiger partial charge in [0.15, 0.2) is 0 Å². The van der Waals surface area contributed by atoms with Crippen molar-refractivity contribution in [1.29, 1.82) is 0 Å². The largest absolute Gasteiger partial charge is 0.274 e. The summed E-state index contributed by atoms with van der Waals surface area (Å²) in [6.45, 7) is 1.97. The predicted octanol–water partition coefficient (Wildman–Crippen LogP) is 3.65. The van der Waals surface area contributed by atoms with E-state index in [0.29, 0.717) is 5.56 Å². The molecule has 0 N–H and O–H groups in total. The van der Waals surface area contributed by atoms with Gasteiger partial charge in [-0.25, -0.2) is 5.01 Å². The van der Waals surface area contributed by atoms with E-state index in [1.165, 1.54) is 0 Å². The van der Waals surface area contributed by atoms with Gasteiger partial charge in [-0.1, -0.05) is 48.5 Å². The van der Waals surface area contributed by atoms with Crippen LogP contribution in [0.15, 0.2) is 65.8 Å². The molecule has 0 aromatic heterocycles. The predicted molar refractivity (Wildman–Crippen MR) is 79.5 cm³/mol. The Bertz CT molecular complexity index is 635. The number of hydrogen-bond donors (Lipinski definition) is 0. The molecule has 100 valence electrons. The first-order valence-corrected chi connectivity index (χ1v) is 6.73. The molecule has 20 heavy (non-hydrogen) atoms. The van der Waals surface area contributed by atoms with Gasteiger partial charge in [-0.05, 0) is 24.6 Å². The number of rotatable bonds is 2. The van der Waals surface area contributed by atoms with E-state index in [1.807, 2.05) is 67.6 Å². The van der Waals surface area contributed by atoms with E-state index in [1.54, 1.807) is 5.01 Å².